The Hall–Kier alpha value is -6.49. The quantitative estimate of drug-likeness (QED) is 0.0657. The van der Waals surface area contributed by atoms with Gasteiger partial charge in [-0.05, 0) is 82.2 Å². The van der Waals surface area contributed by atoms with E-state index in [4.69, 9.17) is 9.53 Å². The molecule has 17 nitrogen and oxygen atoms in total. The number of nitrogens with one attached hydrogen (secondary N) is 3. The van der Waals surface area contributed by atoms with Gasteiger partial charge in [-0.3, -0.25) is 43.4 Å². The van der Waals surface area contributed by atoms with Crippen LogP contribution in [0, 0.1) is 12.8 Å². The number of anilines is 1. The van der Waals surface area contributed by atoms with Gasteiger partial charge in [-0.25, -0.2) is 0 Å². The van der Waals surface area contributed by atoms with Crippen LogP contribution in [-0.2, 0) is 35.3 Å². The molecule has 4 aromatic rings. The summed E-state index contributed by atoms with van der Waals surface area (Å²) in [5.74, 6) is -0.0848. The van der Waals surface area contributed by atoms with E-state index in [1.165, 1.54) is 12.8 Å². The van der Waals surface area contributed by atoms with E-state index >= 15 is 0 Å². The molecule has 3 saturated heterocycles. The van der Waals surface area contributed by atoms with Crippen molar-refractivity contribution in [1.29, 1.82) is 0 Å². The van der Waals surface area contributed by atoms with Crippen LogP contribution in [0.15, 0.2) is 91.6 Å². The Balaban J connectivity index is 0.000000326. The minimum atomic E-state index is -0.302. The summed E-state index contributed by atoms with van der Waals surface area (Å²) in [6, 6.07) is 19.4. The van der Waals surface area contributed by atoms with Gasteiger partial charge in [-0.1, -0.05) is 74.9 Å². The number of carbonyl (C=O) groups is 6. The van der Waals surface area contributed by atoms with Crippen LogP contribution in [-0.4, -0.2) is 111 Å². The summed E-state index contributed by atoms with van der Waals surface area (Å²) in [6.45, 7) is 7.04. The van der Waals surface area contributed by atoms with Crippen molar-refractivity contribution in [2.24, 2.45) is 11.7 Å². The Bertz CT molecular complexity index is 2090. The molecule has 0 spiro atoms. The predicted molar refractivity (Wildman–Crippen MR) is 261 cm³/mol. The van der Waals surface area contributed by atoms with Gasteiger partial charge in [0, 0.05) is 88.8 Å². The summed E-state index contributed by atoms with van der Waals surface area (Å²) < 4.78 is 7.38. The smallest absolute Gasteiger partial charge is 0.254 e. The summed E-state index contributed by atoms with van der Waals surface area (Å²) >= 11 is 0. The number of hydrogen-bond donors (Lipinski definition) is 4. The molecule has 368 valence electrons. The SMILES string of the molecule is CN1CC(C(=O)NCCCCCCCCCCC(=O)N2CCC(n3cc(C(=O)NCc4ccccc4)cn3)CC2)CC1=O.Cc1cc(NC(=O)C2CCC(C)O2)ccn1.NC=O.c1ccncc1. The molecule has 3 atom stereocenters. The zero-order valence-electron chi connectivity index (χ0n) is 40.1. The molecular formula is C51H72N10O7. The van der Waals surface area contributed by atoms with Crippen molar-refractivity contribution in [1.82, 2.24) is 40.2 Å². The van der Waals surface area contributed by atoms with Crippen LogP contribution in [0.4, 0.5) is 5.69 Å². The van der Waals surface area contributed by atoms with Gasteiger partial charge in [0.15, 0.2) is 0 Å². The number of pyridine rings is 2. The first kappa shape index (κ1) is 54.1. The maximum absolute atomic E-state index is 12.7. The normalized spacial score (nSPS) is 17.6. The number of aryl methyl sites for hydroxylation is 1. The lowest BCUT2D eigenvalue weighted by atomic mass is 10.0. The number of benzene rings is 1. The van der Waals surface area contributed by atoms with Crippen molar-refractivity contribution in [3.8, 4) is 0 Å². The molecule has 5 N–H and O–H groups in total. The number of carbonyl (C=O) groups excluding carboxylic acids is 6. The third kappa shape index (κ3) is 20.2. The first-order valence-corrected chi connectivity index (χ1v) is 24.0. The number of aromatic nitrogens is 4. The summed E-state index contributed by atoms with van der Waals surface area (Å²) in [5, 5.41) is 13.2. The Morgan fingerprint density at radius 1 is 0.838 bits per heavy atom. The van der Waals surface area contributed by atoms with Crippen LogP contribution in [0.5, 0.6) is 0 Å². The summed E-state index contributed by atoms with van der Waals surface area (Å²) in [5.41, 5.74) is 7.45. The molecule has 7 rings (SSSR count). The average Bonchev–Trinajstić information content (AvgIpc) is 4.12. The monoisotopic (exact) mass is 937 g/mol. The largest absolute Gasteiger partial charge is 0.372 e. The number of ether oxygens (including phenoxy) is 1. The third-order valence-corrected chi connectivity index (χ3v) is 11.9. The van der Waals surface area contributed by atoms with Crippen molar-refractivity contribution in [2.75, 3.05) is 38.5 Å². The number of rotatable bonds is 18. The van der Waals surface area contributed by atoms with Crippen LogP contribution >= 0.6 is 0 Å². The maximum Gasteiger partial charge on any atom is 0.254 e. The second-order valence-corrected chi connectivity index (χ2v) is 17.4. The molecule has 1 aromatic carbocycles. The van der Waals surface area contributed by atoms with Crippen LogP contribution in [0.1, 0.15) is 124 Å². The molecule has 0 aliphatic carbocycles. The summed E-state index contributed by atoms with van der Waals surface area (Å²) in [4.78, 5) is 80.8. The molecule has 3 fully saturated rings. The zero-order chi connectivity index (χ0) is 48.9. The number of primary amides is 1. The highest BCUT2D eigenvalue weighted by atomic mass is 16.5. The molecule has 0 radical (unpaired) electrons. The number of likely N-dealkylation sites (tertiary alicyclic amines) is 2. The molecule has 0 saturated carbocycles. The van der Waals surface area contributed by atoms with Crippen LogP contribution in [0.3, 0.4) is 0 Å². The van der Waals surface area contributed by atoms with Gasteiger partial charge >= 0.3 is 0 Å². The summed E-state index contributed by atoms with van der Waals surface area (Å²) in [6.07, 6.45) is 21.9. The molecule has 6 heterocycles. The predicted octanol–water partition coefficient (Wildman–Crippen LogP) is 6.16. The van der Waals surface area contributed by atoms with Gasteiger partial charge < -0.3 is 36.2 Å². The fraction of sp³-hybridized carbons (Fsp3) is 0.510. The van der Waals surface area contributed by atoms with Gasteiger partial charge in [-0.2, -0.15) is 5.10 Å². The van der Waals surface area contributed by atoms with Gasteiger partial charge in [0.25, 0.3) is 11.8 Å². The van der Waals surface area contributed by atoms with Crippen LogP contribution < -0.4 is 21.7 Å². The van der Waals surface area contributed by atoms with E-state index in [0.717, 1.165) is 94.2 Å². The lowest BCUT2D eigenvalue weighted by Crippen LogP contribution is -2.39. The Morgan fingerprint density at radius 3 is 2.09 bits per heavy atom. The van der Waals surface area contributed by atoms with Crippen LogP contribution in [0.2, 0.25) is 0 Å². The fourth-order valence-corrected chi connectivity index (χ4v) is 8.08. The molecule has 3 aliphatic rings. The number of nitrogens with zero attached hydrogens (tertiary/aromatic N) is 6. The van der Waals surface area contributed by atoms with Crippen LogP contribution in [0.25, 0.3) is 0 Å². The van der Waals surface area contributed by atoms with E-state index < -0.39 is 0 Å². The first-order valence-electron chi connectivity index (χ1n) is 24.0. The lowest BCUT2D eigenvalue weighted by Gasteiger charge is -2.32. The Labute approximate surface area is 401 Å². The Morgan fingerprint density at radius 2 is 1.50 bits per heavy atom. The van der Waals surface area contributed by atoms with E-state index in [9.17, 15) is 24.0 Å². The van der Waals surface area contributed by atoms with Crippen molar-refractivity contribution < 1.29 is 33.5 Å². The van der Waals surface area contributed by atoms with E-state index in [0.29, 0.717) is 38.0 Å². The summed E-state index contributed by atoms with van der Waals surface area (Å²) in [7, 11) is 1.74. The van der Waals surface area contributed by atoms with Crippen molar-refractivity contribution in [3.05, 3.63) is 108 Å². The van der Waals surface area contributed by atoms with E-state index in [1.54, 1.807) is 42.8 Å². The molecule has 6 amide bonds. The second-order valence-electron chi connectivity index (χ2n) is 17.4. The average molecular weight is 937 g/mol. The topological polar surface area (TPSA) is 224 Å². The number of amides is 6. The molecular weight excluding hydrogens is 865 g/mol. The van der Waals surface area contributed by atoms with Crippen molar-refractivity contribution >= 4 is 41.6 Å². The van der Waals surface area contributed by atoms with Gasteiger partial charge in [0.1, 0.15) is 6.10 Å². The lowest BCUT2D eigenvalue weighted by molar-refractivity contribution is -0.132. The number of piperidine rings is 1. The molecule has 0 bridgehead atoms. The molecule has 3 aliphatic heterocycles. The van der Waals surface area contributed by atoms with Gasteiger partial charge in [0.05, 0.1) is 29.8 Å². The highest BCUT2D eigenvalue weighted by molar-refractivity contribution is 5.94. The van der Waals surface area contributed by atoms with E-state index in [-0.39, 0.29) is 60.1 Å². The minimum Gasteiger partial charge on any atom is -0.372 e. The highest BCUT2D eigenvalue weighted by Crippen LogP contribution is 2.24. The number of unbranched alkanes of at least 4 members (excludes halogenated alkanes) is 7. The third-order valence-electron chi connectivity index (χ3n) is 11.9. The fourth-order valence-electron chi connectivity index (χ4n) is 8.08. The number of hydrogen-bond acceptors (Lipinski definition) is 10. The Kier molecular flexibility index (Phi) is 24.5. The minimum absolute atomic E-state index is 0.00398. The standard InChI is InChI=1S/C33H48N6O4.C12H16N2O2.C5H5N.CH3NO/c1-37-24-27(21-31(37)41)32(42)34-18-12-7-5-3-2-4-6-11-15-30(40)38-19-16-29(17-20-38)39-25-28(23-36-39)33(43)35-22-26-13-9-8-10-14-26;1-8-7-10(5-6-13-8)14-12(15)11-4-3-9(2)16-11;1-2-4-6-5-3-1;2-1-3/h8-10,13-14,23,25,27,29H,2-7,11-12,15-22,24H2,1H3,(H,34,42)(H,35,43);5-7,9,11H,3-4H2,1-2H3,(H,13,14,15);1-5H;1H,(H2,2,3). The first-order chi connectivity index (χ1) is 33.0. The van der Waals surface area contributed by atoms with E-state index in [1.807, 2.05) is 84.2 Å². The molecule has 3 unspecified atom stereocenters. The molecule has 3 aromatic heterocycles. The highest BCUT2D eigenvalue weighted by Gasteiger charge is 2.32. The van der Waals surface area contributed by atoms with Gasteiger partial charge in [0.2, 0.25) is 24.1 Å². The maximum atomic E-state index is 12.7. The van der Waals surface area contributed by atoms with E-state index in [2.05, 4.69) is 36.8 Å². The number of nitrogens with two attached hydrogens (primary N) is 1. The molecule has 17 heteroatoms. The van der Waals surface area contributed by atoms with Gasteiger partial charge in [-0.15, -0.1) is 0 Å². The zero-order valence-corrected chi connectivity index (χ0v) is 40.1. The second kappa shape index (κ2) is 30.7. The molecule has 68 heavy (non-hydrogen) atoms. The van der Waals surface area contributed by atoms with Crippen molar-refractivity contribution in [2.45, 2.75) is 129 Å². The van der Waals surface area contributed by atoms with Crippen molar-refractivity contribution in [3.63, 3.8) is 0 Å².